The molecule has 0 spiro atoms. The van der Waals surface area contributed by atoms with Crippen molar-refractivity contribution >= 4 is 17.8 Å². The van der Waals surface area contributed by atoms with Crippen molar-refractivity contribution in [2.75, 3.05) is 20.3 Å². The summed E-state index contributed by atoms with van der Waals surface area (Å²) in [6, 6.07) is 0. The summed E-state index contributed by atoms with van der Waals surface area (Å²) in [6.45, 7) is 5.63. The fraction of sp³-hybridized carbons (Fsp3) is 0.583. The fourth-order valence-corrected chi connectivity index (χ4v) is 0.834. The van der Waals surface area contributed by atoms with Crippen LogP contribution in [0.25, 0.3) is 0 Å². The first-order valence-electron chi connectivity index (χ1n) is 5.48. The molecule has 0 saturated carbocycles. The van der Waals surface area contributed by atoms with Crippen molar-refractivity contribution in [1.29, 1.82) is 0 Å². The third kappa shape index (κ3) is 7.43. The number of nitrogens with one attached hydrogen (secondary N) is 1. The summed E-state index contributed by atoms with van der Waals surface area (Å²) in [7, 11) is 1.21. The van der Waals surface area contributed by atoms with Crippen LogP contribution in [0.15, 0.2) is 12.2 Å². The second kappa shape index (κ2) is 7.47. The van der Waals surface area contributed by atoms with Crippen molar-refractivity contribution in [1.82, 2.24) is 5.32 Å². The Morgan fingerprint density at radius 3 is 2.17 bits per heavy atom. The maximum Gasteiger partial charge on any atom is 0.331 e. The normalized spacial score (nSPS) is 11.1. The first kappa shape index (κ1) is 16.1. The molecule has 0 bridgehead atoms. The summed E-state index contributed by atoms with van der Waals surface area (Å²) >= 11 is 0. The molecular formula is C12H19NO5. The molecule has 0 saturated heterocycles. The van der Waals surface area contributed by atoms with E-state index in [2.05, 4.69) is 10.1 Å². The van der Waals surface area contributed by atoms with E-state index in [0.717, 1.165) is 12.2 Å². The van der Waals surface area contributed by atoms with E-state index < -0.39 is 17.4 Å². The maximum absolute atomic E-state index is 11.4. The highest BCUT2D eigenvalue weighted by Crippen LogP contribution is 2.11. The maximum atomic E-state index is 11.4. The van der Waals surface area contributed by atoms with Crippen molar-refractivity contribution in [2.45, 2.75) is 20.8 Å². The number of ether oxygens (including phenoxy) is 2. The number of rotatable bonds is 5. The van der Waals surface area contributed by atoms with E-state index in [0.29, 0.717) is 0 Å². The molecule has 0 aromatic carbocycles. The lowest BCUT2D eigenvalue weighted by Crippen LogP contribution is -2.36. The quantitative estimate of drug-likeness (QED) is 0.438. The minimum atomic E-state index is -0.662. The number of hydrogen-bond donors (Lipinski definition) is 1. The molecule has 0 aromatic heterocycles. The molecule has 0 aromatic rings. The first-order valence-corrected chi connectivity index (χ1v) is 5.48. The predicted molar refractivity (Wildman–Crippen MR) is 64.6 cm³/mol. The molecule has 0 aliphatic carbocycles. The van der Waals surface area contributed by atoms with Crippen LogP contribution in [0, 0.1) is 5.41 Å². The molecule has 0 atom stereocenters. The standard InChI is InChI=1S/C12H19NO5/c1-12(2,3)11(16)13-7-8-18-10(15)6-5-9(14)17-4/h5-6H,7-8H2,1-4H3,(H,13,16)/b6-5+. The summed E-state index contributed by atoms with van der Waals surface area (Å²) in [5, 5.41) is 2.62. The summed E-state index contributed by atoms with van der Waals surface area (Å²) in [5.41, 5.74) is -0.477. The topological polar surface area (TPSA) is 81.7 Å². The van der Waals surface area contributed by atoms with Gasteiger partial charge in [-0.2, -0.15) is 0 Å². The number of methoxy groups -OCH3 is 1. The number of carbonyl (C=O) groups is 3. The average molecular weight is 257 g/mol. The number of amides is 1. The van der Waals surface area contributed by atoms with Gasteiger partial charge in [-0.15, -0.1) is 0 Å². The third-order valence-corrected chi connectivity index (χ3v) is 1.87. The molecule has 18 heavy (non-hydrogen) atoms. The van der Waals surface area contributed by atoms with Gasteiger partial charge >= 0.3 is 11.9 Å². The van der Waals surface area contributed by atoms with Gasteiger partial charge in [0.2, 0.25) is 5.91 Å². The van der Waals surface area contributed by atoms with Crippen molar-refractivity contribution in [3.8, 4) is 0 Å². The molecule has 1 amide bonds. The Hall–Kier alpha value is -1.85. The monoisotopic (exact) mass is 257 g/mol. The molecule has 1 N–H and O–H groups in total. The van der Waals surface area contributed by atoms with Gasteiger partial charge in [-0.1, -0.05) is 20.8 Å². The highest BCUT2D eigenvalue weighted by Gasteiger charge is 2.20. The van der Waals surface area contributed by atoms with Crippen LogP contribution in [0.1, 0.15) is 20.8 Å². The van der Waals surface area contributed by atoms with E-state index in [1.165, 1.54) is 7.11 Å². The van der Waals surface area contributed by atoms with Gasteiger partial charge in [0.1, 0.15) is 6.61 Å². The Bertz CT molecular complexity index is 341. The third-order valence-electron chi connectivity index (χ3n) is 1.87. The highest BCUT2D eigenvalue weighted by molar-refractivity contribution is 5.91. The van der Waals surface area contributed by atoms with Gasteiger partial charge in [-0.25, -0.2) is 9.59 Å². The smallest absolute Gasteiger partial charge is 0.331 e. The number of hydrogen-bond acceptors (Lipinski definition) is 5. The highest BCUT2D eigenvalue weighted by atomic mass is 16.5. The summed E-state index contributed by atoms with van der Waals surface area (Å²) in [4.78, 5) is 33.2. The zero-order chi connectivity index (χ0) is 14.2. The SMILES string of the molecule is COC(=O)/C=C/C(=O)OCCNC(=O)C(C)(C)C. The average Bonchev–Trinajstić information content (AvgIpc) is 2.29. The molecule has 0 fully saturated rings. The van der Waals surface area contributed by atoms with Crippen LogP contribution >= 0.6 is 0 Å². The number of carbonyl (C=O) groups excluding carboxylic acids is 3. The van der Waals surface area contributed by atoms with Crippen LogP contribution in [-0.4, -0.2) is 38.1 Å². The minimum absolute atomic E-state index is 0.0478. The molecule has 6 heteroatoms. The molecule has 0 heterocycles. The lowest BCUT2D eigenvalue weighted by molar-refractivity contribution is -0.139. The largest absolute Gasteiger partial charge is 0.466 e. The molecule has 6 nitrogen and oxygen atoms in total. The van der Waals surface area contributed by atoms with E-state index in [4.69, 9.17) is 4.74 Å². The zero-order valence-electron chi connectivity index (χ0n) is 11.1. The Morgan fingerprint density at radius 2 is 1.67 bits per heavy atom. The summed E-state index contributed by atoms with van der Waals surface area (Å²) < 4.78 is 9.06. The van der Waals surface area contributed by atoms with Crippen LogP contribution in [0.5, 0.6) is 0 Å². The van der Waals surface area contributed by atoms with E-state index in [1.807, 2.05) is 0 Å². The van der Waals surface area contributed by atoms with Crippen LogP contribution in [0.2, 0.25) is 0 Å². The van der Waals surface area contributed by atoms with E-state index in [9.17, 15) is 14.4 Å². The molecule has 102 valence electrons. The van der Waals surface area contributed by atoms with E-state index >= 15 is 0 Å². The van der Waals surface area contributed by atoms with Crippen molar-refractivity contribution in [3.05, 3.63) is 12.2 Å². The van der Waals surface area contributed by atoms with Gasteiger partial charge in [-0.3, -0.25) is 4.79 Å². The van der Waals surface area contributed by atoms with Gasteiger partial charge in [0.15, 0.2) is 0 Å². The van der Waals surface area contributed by atoms with Crippen molar-refractivity contribution in [2.24, 2.45) is 5.41 Å². The Kier molecular flexibility index (Phi) is 6.70. The molecular weight excluding hydrogens is 238 g/mol. The lowest BCUT2D eigenvalue weighted by Gasteiger charge is -2.17. The van der Waals surface area contributed by atoms with Gasteiger partial charge in [0, 0.05) is 17.6 Å². The Balaban J connectivity index is 3.80. The van der Waals surface area contributed by atoms with Crippen LogP contribution in [0.3, 0.4) is 0 Å². The van der Waals surface area contributed by atoms with Gasteiger partial charge in [0.05, 0.1) is 13.7 Å². The predicted octanol–water partition coefficient (Wildman–Crippen LogP) is 0.421. The Morgan fingerprint density at radius 1 is 1.11 bits per heavy atom. The van der Waals surface area contributed by atoms with Crippen LogP contribution in [-0.2, 0) is 23.9 Å². The summed E-state index contributed by atoms with van der Waals surface area (Å²) in [6.07, 6.45) is 1.94. The van der Waals surface area contributed by atoms with Gasteiger partial charge < -0.3 is 14.8 Å². The lowest BCUT2D eigenvalue weighted by atomic mass is 9.96. The fourth-order valence-electron chi connectivity index (χ4n) is 0.834. The molecule has 0 aliphatic heterocycles. The van der Waals surface area contributed by atoms with Crippen molar-refractivity contribution < 1.29 is 23.9 Å². The molecule has 0 unspecified atom stereocenters. The molecule has 0 rings (SSSR count). The van der Waals surface area contributed by atoms with Gasteiger partial charge in [-0.05, 0) is 0 Å². The Labute approximate surface area is 106 Å². The second-order valence-corrected chi connectivity index (χ2v) is 4.53. The minimum Gasteiger partial charge on any atom is -0.466 e. The van der Waals surface area contributed by atoms with E-state index in [1.54, 1.807) is 20.8 Å². The second-order valence-electron chi connectivity index (χ2n) is 4.53. The van der Waals surface area contributed by atoms with Crippen molar-refractivity contribution in [3.63, 3.8) is 0 Å². The summed E-state index contributed by atoms with van der Waals surface area (Å²) in [5.74, 6) is -1.41. The van der Waals surface area contributed by atoms with E-state index in [-0.39, 0.29) is 19.1 Å². The van der Waals surface area contributed by atoms with Gasteiger partial charge in [0.25, 0.3) is 0 Å². The zero-order valence-corrected chi connectivity index (χ0v) is 11.1. The molecule has 0 aliphatic rings. The first-order chi connectivity index (χ1) is 8.27. The van der Waals surface area contributed by atoms with Crippen LogP contribution < -0.4 is 5.32 Å². The molecule has 0 radical (unpaired) electrons. The number of esters is 2. The van der Waals surface area contributed by atoms with Crippen LogP contribution in [0.4, 0.5) is 0 Å².